The van der Waals surface area contributed by atoms with E-state index in [4.69, 9.17) is 16.7 Å². The van der Waals surface area contributed by atoms with Crippen LogP contribution in [-0.2, 0) is 4.79 Å². The highest BCUT2D eigenvalue weighted by Crippen LogP contribution is 2.21. The molecule has 104 valence electrons. The molecular weight excluding hydrogens is 266 g/mol. The van der Waals surface area contributed by atoms with Crippen molar-refractivity contribution in [1.29, 1.82) is 0 Å². The van der Waals surface area contributed by atoms with Crippen molar-refractivity contribution in [3.63, 3.8) is 0 Å². The van der Waals surface area contributed by atoms with Crippen LogP contribution in [-0.4, -0.2) is 22.5 Å². The molecule has 1 amide bonds. The zero-order valence-electron chi connectivity index (χ0n) is 11.1. The van der Waals surface area contributed by atoms with Gasteiger partial charge in [0.25, 0.3) is 5.91 Å². The van der Waals surface area contributed by atoms with Crippen LogP contribution in [0.25, 0.3) is 0 Å². The maximum atomic E-state index is 12.1. The van der Waals surface area contributed by atoms with Gasteiger partial charge in [-0.25, -0.2) is 0 Å². The van der Waals surface area contributed by atoms with Crippen LogP contribution in [0.4, 0.5) is 0 Å². The van der Waals surface area contributed by atoms with Gasteiger partial charge in [-0.05, 0) is 31.0 Å². The molecule has 0 saturated carbocycles. The van der Waals surface area contributed by atoms with Crippen LogP contribution in [0, 0.1) is 0 Å². The van der Waals surface area contributed by atoms with Gasteiger partial charge in [0.15, 0.2) is 0 Å². The van der Waals surface area contributed by atoms with Crippen LogP contribution in [0.15, 0.2) is 24.3 Å². The predicted octanol–water partition coefficient (Wildman–Crippen LogP) is 3.10. The van der Waals surface area contributed by atoms with Crippen LogP contribution in [0.5, 0.6) is 0 Å². The Balaban J connectivity index is 2.90. The predicted molar refractivity (Wildman–Crippen MR) is 74.5 cm³/mol. The number of hydrogen-bond donors (Lipinski definition) is 2. The summed E-state index contributed by atoms with van der Waals surface area (Å²) < 4.78 is 0. The third kappa shape index (κ3) is 4.24. The first-order valence-corrected chi connectivity index (χ1v) is 6.60. The summed E-state index contributed by atoms with van der Waals surface area (Å²) in [7, 11) is 0. The summed E-state index contributed by atoms with van der Waals surface area (Å²) in [5.41, 5.74) is -0.283. The third-order valence-electron chi connectivity index (χ3n) is 3.31. The normalized spacial score (nSPS) is 11.1. The van der Waals surface area contributed by atoms with Crippen molar-refractivity contribution in [3.05, 3.63) is 34.9 Å². The Morgan fingerprint density at radius 1 is 1.32 bits per heavy atom. The minimum atomic E-state index is -0.921. The van der Waals surface area contributed by atoms with E-state index in [1.165, 1.54) is 0 Å². The molecule has 0 unspecified atom stereocenters. The minimum Gasteiger partial charge on any atom is -0.481 e. The second kappa shape index (κ2) is 6.57. The Bertz CT molecular complexity index is 470. The molecule has 0 aliphatic rings. The van der Waals surface area contributed by atoms with Gasteiger partial charge in [-0.15, -0.1) is 0 Å². The molecule has 4 nitrogen and oxygen atoms in total. The van der Waals surface area contributed by atoms with Crippen LogP contribution in [0.3, 0.4) is 0 Å². The standard InChI is InChI=1S/C14H18ClNO3/c1-3-14(4-2,9-12(17)18)16-13(19)10-6-5-7-11(15)8-10/h5-8H,3-4,9H2,1-2H3,(H,16,19)(H,17,18). The van der Waals surface area contributed by atoms with Gasteiger partial charge < -0.3 is 10.4 Å². The number of carboxylic acid groups (broad SMARTS) is 1. The van der Waals surface area contributed by atoms with E-state index in [-0.39, 0.29) is 12.3 Å². The number of halogens is 1. The van der Waals surface area contributed by atoms with Crippen LogP contribution < -0.4 is 5.32 Å². The summed E-state index contributed by atoms with van der Waals surface area (Å²) in [6.45, 7) is 3.73. The van der Waals surface area contributed by atoms with Crippen molar-refractivity contribution in [2.75, 3.05) is 0 Å². The molecule has 1 aromatic carbocycles. The summed E-state index contributed by atoms with van der Waals surface area (Å²) in [5.74, 6) is -1.22. The lowest BCUT2D eigenvalue weighted by molar-refractivity contribution is -0.138. The quantitative estimate of drug-likeness (QED) is 0.843. The van der Waals surface area contributed by atoms with E-state index in [2.05, 4.69) is 5.32 Å². The van der Waals surface area contributed by atoms with Gasteiger partial charge in [-0.3, -0.25) is 9.59 Å². The number of carbonyl (C=O) groups is 2. The van der Waals surface area contributed by atoms with Crippen molar-refractivity contribution >= 4 is 23.5 Å². The van der Waals surface area contributed by atoms with Crippen LogP contribution >= 0.6 is 11.6 Å². The van der Waals surface area contributed by atoms with Crippen molar-refractivity contribution in [2.24, 2.45) is 0 Å². The maximum absolute atomic E-state index is 12.1. The lowest BCUT2D eigenvalue weighted by Crippen LogP contribution is -2.49. The first-order chi connectivity index (χ1) is 8.92. The zero-order valence-corrected chi connectivity index (χ0v) is 11.8. The smallest absolute Gasteiger partial charge is 0.305 e. The molecule has 1 rings (SSSR count). The average molecular weight is 284 g/mol. The van der Waals surface area contributed by atoms with E-state index in [9.17, 15) is 9.59 Å². The first kappa shape index (κ1) is 15.5. The fourth-order valence-corrected chi connectivity index (χ4v) is 2.14. The van der Waals surface area contributed by atoms with E-state index in [1.54, 1.807) is 24.3 Å². The number of aliphatic carboxylic acids is 1. The second-order valence-electron chi connectivity index (χ2n) is 4.52. The highest BCUT2D eigenvalue weighted by Gasteiger charge is 2.31. The summed E-state index contributed by atoms with van der Waals surface area (Å²) in [6.07, 6.45) is 1.02. The fourth-order valence-electron chi connectivity index (χ4n) is 1.95. The van der Waals surface area contributed by atoms with E-state index >= 15 is 0 Å². The second-order valence-corrected chi connectivity index (χ2v) is 4.96. The number of carboxylic acids is 1. The van der Waals surface area contributed by atoms with Gasteiger partial charge >= 0.3 is 5.97 Å². The molecule has 1 aromatic rings. The average Bonchev–Trinajstić information content (AvgIpc) is 2.37. The fraction of sp³-hybridized carbons (Fsp3) is 0.429. The summed E-state index contributed by atoms with van der Waals surface area (Å²) in [5, 5.41) is 12.3. The minimum absolute atomic E-state index is 0.0910. The Kier molecular flexibility index (Phi) is 5.36. The van der Waals surface area contributed by atoms with Crippen molar-refractivity contribution in [3.8, 4) is 0 Å². The van der Waals surface area contributed by atoms with Gasteiger partial charge in [-0.1, -0.05) is 31.5 Å². The number of benzene rings is 1. The first-order valence-electron chi connectivity index (χ1n) is 6.22. The van der Waals surface area contributed by atoms with E-state index in [1.807, 2.05) is 13.8 Å². The molecule has 0 spiro atoms. The summed E-state index contributed by atoms with van der Waals surface area (Å²) in [4.78, 5) is 23.1. The monoisotopic (exact) mass is 283 g/mol. The van der Waals surface area contributed by atoms with Gasteiger partial charge in [0, 0.05) is 10.6 Å². The zero-order chi connectivity index (χ0) is 14.5. The van der Waals surface area contributed by atoms with Crippen molar-refractivity contribution in [1.82, 2.24) is 5.32 Å². The molecule has 2 N–H and O–H groups in total. The van der Waals surface area contributed by atoms with Crippen molar-refractivity contribution in [2.45, 2.75) is 38.6 Å². The molecule has 5 heteroatoms. The van der Waals surface area contributed by atoms with E-state index < -0.39 is 11.5 Å². The summed E-state index contributed by atoms with van der Waals surface area (Å²) in [6, 6.07) is 6.59. The molecular formula is C14H18ClNO3. The number of nitrogens with one attached hydrogen (secondary N) is 1. The lowest BCUT2D eigenvalue weighted by atomic mass is 9.88. The molecule has 0 bridgehead atoms. The molecule has 0 heterocycles. The maximum Gasteiger partial charge on any atom is 0.305 e. The molecule has 0 radical (unpaired) electrons. The molecule has 0 fully saturated rings. The topological polar surface area (TPSA) is 66.4 Å². The Morgan fingerprint density at radius 2 is 1.95 bits per heavy atom. The Hall–Kier alpha value is -1.55. The molecule has 0 aliphatic heterocycles. The molecule has 0 atom stereocenters. The van der Waals surface area contributed by atoms with Crippen molar-refractivity contribution < 1.29 is 14.7 Å². The Labute approximate surface area is 117 Å². The highest BCUT2D eigenvalue weighted by molar-refractivity contribution is 6.30. The highest BCUT2D eigenvalue weighted by atomic mass is 35.5. The molecule has 0 aromatic heterocycles. The SMILES string of the molecule is CCC(CC)(CC(=O)O)NC(=O)c1cccc(Cl)c1. The largest absolute Gasteiger partial charge is 0.481 e. The van der Waals surface area contributed by atoms with E-state index in [0.29, 0.717) is 23.4 Å². The molecule has 19 heavy (non-hydrogen) atoms. The third-order valence-corrected chi connectivity index (χ3v) is 3.54. The number of amides is 1. The number of hydrogen-bond acceptors (Lipinski definition) is 2. The number of carbonyl (C=O) groups excluding carboxylic acids is 1. The van der Waals surface area contributed by atoms with Gasteiger partial charge in [0.2, 0.25) is 0 Å². The lowest BCUT2D eigenvalue weighted by Gasteiger charge is -2.31. The van der Waals surface area contributed by atoms with Gasteiger partial charge in [-0.2, -0.15) is 0 Å². The van der Waals surface area contributed by atoms with Crippen LogP contribution in [0.1, 0.15) is 43.5 Å². The molecule has 0 saturated heterocycles. The van der Waals surface area contributed by atoms with Gasteiger partial charge in [0.05, 0.1) is 12.0 Å². The van der Waals surface area contributed by atoms with Crippen LogP contribution in [0.2, 0.25) is 5.02 Å². The molecule has 0 aliphatic carbocycles. The van der Waals surface area contributed by atoms with E-state index in [0.717, 1.165) is 0 Å². The summed E-state index contributed by atoms with van der Waals surface area (Å²) >= 11 is 5.84. The Morgan fingerprint density at radius 3 is 2.42 bits per heavy atom. The number of rotatable bonds is 6. The van der Waals surface area contributed by atoms with Gasteiger partial charge in [0.1, 0.15) is 0 Å².